The molecule has 3 nitrogen and oxygen atoms in total. The molecule has 1 aromatic carbocycles. The predicted molar refractivity (Wildman–Crippen MR) is 110 cm³/mol. The number of nitrogens with zero attached hydrogens (tertiary/aromatic N) is 1. The third kappa shape index (κ3) is 4.00. The molecule has 5 heteroatoms. The second-order valence-electron chi connectivity index (χ2n) is 7.41. The van der Waals surface area contributed by atoms with Gasteiger partial charge in [-0.1, -0.05) is 31.2 Å². The SMILES string of the molecule is CC1CCN([C@@H](CNC(=O)[C@@H]2Cc3ccccc3S2)c2cccs2)CC1. The molecule has 0 radical (unpaired) electrons. The van der Waals surface area contributed by atoms with Crippen molar-refractivity contribution in [3.05, 3.63) is 52.2 Å². The first-order valence-corrected chi connectivity index (χ1v) is 11.3. The van der Waals surface area contributed by atoms with Gasteiger partial charge < -0.3 is 5.32 Å². The van der Waals surface area contributed by atoms with Gasteiger partial charge in [-0.3, -0.25) is 9.69 Å². The minimum atomic E-state index is 0.0118. The van der Waals surface area contributed by atoms with Crippen LogP contribution in [0.3, 0.4) is 0 Å². The maximum atomic E-state index is 12.8. The summed E-state index contributed by atoms with van der Waals surface area (Å²) in [6.07, 6.45) is 3.35. The van der Waals surface area contributed by atoms with E-state index in [4.69, 9.17) is 0 Å². The lowest BCUT2D eigenvalue weighted by molar-refractivity contribution is -0.120. The van der Waals surface area contributed by atoms with E-state index in [1.807, 2.05) is 0 Å². The van der Waals surface area contributed by atoms with Crippen LogP contribution in [0.25, 0.3) is 0 Å². The van der Waals surface area contributed by atoms with E-state index in [0.717, 1.165) is 25.4 Å². The van der Waals surface area contributed by atoms with E-state index in [1.165, 1.54) is 28.2 Å². The first-order valence-electron chi connectivity index (χ1n) is 9.50. The van der Waals surface area contributed by atoms with Gasteiger partial charge in [0.15, 0.2) is 0 Å². The Morgan fingerprint density at radius 1 is 1.23 bits per heavy atom. The van der Waals surface area contributed by atoms with Crippen molar-refractivity contribution in [1.82, 2.24) is 10.2 Å². The first kappa shape index (κ1) is 18.1. The molecule has 4 rings (SSSR count). The van der Waals surface area contributed by atoms with Crippen molar-refractivity contribution in [3.8, 4) is 0 Å². The van der Waals surface area contributed by atoms with Crippen molar-refractivity contribution in [3.63, 3.8) is 0 Å². The molecule has 0 aliphatic carbocycles. The molecule has 2 atom stereocenters. The van der Waals surface area contributed by atoms with Gasteiger partial charge in [0.05, 0.1) is 11.3 Å². The van der Waals surface area contributed by atoms with Crippen molar-refractivity contribution >= 4 is 29.0 Å². The van der Waals surface area contributed by atoms with Gasteiger partial charge in [0, 0.05) is 16.3 Å². The number of fused-ring (bicyclic) bond motifs is 1. The van der Waals surface area contributed by atoms with E-state index >= 15 is 0 Å². The standard InChI is InChI=1S/C21H26N2OS2/c1-15-8-10-23(11-9-15)17(19-7-4-12-25-19)14-22-21(24)20-13-16-5-2-3-6-18(16)26-20/h2-7,12,15,17,20H,8-11,13-14H2,1H3,(H,22,24)/t17-,20-/m0/s1. The Hall–Kier alpha value is -1.30. The summed E-state index contributed by atoms with van der Waals surface area (Å²) in [4.78, 5) is 18.0. The van der Waals surface area contributed by atoms with Crippen LogP contribution in [0.15, 0.2) is 46.7 Å². The number of nitrogens with one attached hydrogen (secondary N) is 1. The third-order valence-corrected chi connectivity index (χ3v) is 7.83. The molecule has 1 saturated heterocycles. The average Bonchev–Trinajstić information content (AvgIpc) is 3.33. The fourth-order valence-electron chi connectivity index (χ4n) is 3.87. The molecular weight excluding hydrogens is 360 g/mol. The minimum absolute atomic E-state index is 0.0118. The minimum Gasteiger partial charge on any atom is -0.353 e. The summed E-state index contributed by atoms with van der Waals surface area (Å²) < 4.78 is 0. The van der Waals surface area contributed by atoms with Crippen LogP contribution in [0.4, 0.5) is 0 Å². The number of amides is 1. The van der Waals surface area contributed by atoms with Gasteiger partial charge in [-0.05, 0) is 61.3 Å². The molecule has 1 aromatic heterocycles. The van der Waals surface area contributed by atoms with Crippen LogP contribution in [0.2, 0.25) is 0 Å². The Morgan fingerprint density at radius 3 is 2.77 bits per heavy atom. The molecule has 0 bridgehead atoms. The summed E-state index contributed by atoms with van der Waals surface area (Å²) in [6.45, 7) is 5.31. The van der Waals surface area contributed by atoms with E-state index in [9.17, 15) is 4.79 Å². The molecule has 26 heavy (non-hydrogen) atoms. The average molecular weight is 387 g/mol. The molecular formula is C21H26N2OS2. The van der Waals surface area contributed by atoms with Gasteiger partial charge in [-0.25, -0.2) is 0 Å². The van der Waals surface area contributed by atoms with E-state index in [2.05, 4.69) is 58.9 Å². The van der Waals surface area contributed by atoms with Gasteiger partial charge in [0.25, 0.3) is 0 Å². The second kappa shape index (κ2) is 8.15. The van der Waals surface area contributed by atoms with E-state index in [-0.39, 0.29) is 11.2 Å². The molecule has 2 aliphatic rings. The zero-order chi connectivity index (χ0) is 17.9. The summed E-state index contributed by atoms with van der Waals surface area (Å²) in [6, 6.07) is 13.0. The summed E-state index contributed by atoms with van der Waals surface area (Å²) >= 11 is 3.51. The number of likely N-dealkylation sites (tertiary alicyclic amines) is 1. The molecule has 0 saturated carbocycles. The third-order valence-electron chi connectivity index (χ3n) is 5.54. The molecule has 2 aliphatic heterocycles. The van der Waals surface area contributed by atoms with Crippen molar-refractivity contribution in [2.75, 3.05) is 19.6 Å². The van der Waals surface area contributed by atoms with Crippen molar-refractivity contribution in [2.45, 2.75) is 42.4 Å². The second-order valence-corrected chi connectivity index (χ2v) is 9.64. The number of thioether (sulfide) groups is 1. The van der Waals surface area contributed by atoms with E-state index < -0.39 is 0 Å². The lowest BCUT2D eigenvalue weighted by Crippen LogP contribution is -2.43. The zero-order valence-electron chi connectivity index (χ0n) is 15.2. The lowest BCUT2D eigenvalue weighted by Gasteiger charge is -2.36. The topological polar surface area (TPSA) is 32.3 Å². The molecule has 1 N–H and O–H groups in total. The number of rotatable bonds is 5. The van der Waals surface area contributed by atoms with Gasteiger partial charge >= 0.3 is 0 Å². The Kier molecular flexibility index (Phi) is 5.67. The summed E-state index contributed by atoms with van der Waals surface area (Å²) in [5, 5.41) is 5.41. The quantitative estimate of drug-likeness (QED) is 0.829. The van der Waals surface area contributed by atoms with Crippen LogP contribution in [-0.2, 0) is 11.2 Å². The highest BCUT2D eigenvalue weighted by Crippen LogP contribution is 2.37. The molecule has 138 valence electrons. The predicted octanol–water partition coefficient (Wildman–Crippen LogP) is 4.35. The smallest absolute Gasteiger partial charge is 0.233 e. The maximum Gasteiger partial charge on any atom is 0.233 e. The van der Waals surface area contributed by atoms with Crippen molar-refractivity contribution in [1.29, 1.82) is 0 Å². The fraction of sp³-hybridized carbons (Fsp3) is 0.476. The highest BCUT2D eigenvalue weighted by molar-refractivity contribution is 8.01. The Balaban J connectivity index is 1.38. The lowest BCUT2D eigenvalue weighted by atomic mass is 9.97. The van der Waals surface area contributed by atoms with Crippen LogP contribution in [0, 0.1) is 5.92 Å². The highest BCUT2D eigenvalue weighted by Gasteiger charge is 2.30. The van der Waals surface area contributed by atoms with E-state index in [0.29, 0.717) is 12.6 Å². The summed E-state index contributed by atoms with van der Waals surface area (Å²) in [7, 11) is 0. The molecule has 2 aromatic rings. The van der Waals surface area contributed by atoms with Gasteiger partial charge in [-0.2, -0.15) is 0 Å². The monoisotopic (exact) mass is 386 g/mol. The Morgan fingerprint density at radius 2 is 2.04 bits per heavy atom. The number of thiophene rings is 1. The fourth-order valence-corrected chi connectivity index (χ4v) is 5.95. The zero-order valence-corrected chi connectivity index (χ0v) is 16.8. The Bertz CT molecular complexity index is 713. The molecule has 0 unspecified atom stereocenters. The number of hydrogen-bond acceptors (Lipinski definition) is 4. The first-order chi connectivity index (χ1) is 12.7. The van der Waals surface area contributed by atoms with Gasteiger partial charge in [0.2, 0.25) is 5.91 Å². The molecule has 1 amide bonds. The van der Waals surface area contributed by atoms with Crippen LogP contribution >= 0.6 is 23.1 Å². The van der Waals surface area contributed by atoms with Crippen LogP contribution in [0.5, 0.6) is 0 Å². The largest absolute Gasteiger partial charge is 0.353 e. The van der Waals surface area contributed by atoms with Gasteiger partial charge in [-0.15, -0.1) is 23.1 Å². The number of benzene rings is 1. The summed E-state index contributed by atoms with van der Waals surface area (Å²) in [5.74, 6) is 0.997. The van der Waals surface area contributed by atoms with Crippen molar-refractivity contribution in [2.24, 2.45) is 5.92 Å². The number of piperidine rings is 1. The van der Waals surface area contributed by atoms with Gasteiger partial charge in [0.1, 0.15) is 0 Å². The molecule has 3 heterocycles. The number of hydrogen-bond donors (Lipinski definition) is 1. The number of carbonyl (C=O) groups excluding carboxylic acids is 1. The van der Waals surface area contributed by atoms with Crippen molar-refractivity contribution < 1.29 is 4.79 Å². The normalized spacial score (nSPS) is 22.1. The Labute approximate surface area is 164 Å². The molecule has 0 spiro atoms. The van der Waals surface area contributed by atoms with Crippen LogP contribution in [-0.4, -0.2) is 35.7 Å². The maximum absolute atomic E-state index is 12.8. The van der Waals surface area contributed by atoms with Crippen LogP contribution < -0.4 is 5.32 Å². The summed E-state index contributed by atoms with van der Waals surface area (Å²) in [5.41, 5.74) is 1.30. The van der Waals surface area contributed by atoms with Crippen LogP contribution in [0.1, 0.15) is 36.2 Å². The molecule has 1 fully saturated rings. The highest BCUT2D eigenvalue weighted by atomic mass is 32.2. The number of carbonyl (C=O) groups is 1. The van der Waals surface area contributed by atoms with E-state index in [1.54, 1.807) is 23.1 Å².